The van der Waals surface area contributed by atoms with Crippen molar-refractivity contribution in [3.8, 4) is 5.69 Å². The highest BCUT2D eigenvalue weighted by atomic mass is 19.1. The molecule has 0 atom stereocenters. The number of nitrogens with zero attached hydrogens (tertiary/aromatic N) is 7. The first-order valence-corrected chi connectivity index (χ1v) is 12.7. The van der Waals surface area contributed by atoms with Crippen molar-refractivity contribution in [1.29, 1.82) is 0 Å². The molecule has 1 fully saturated rings. The van der Waals surface area contributed by atoms with Gasteiger partial charge >= 0.3 is 0 Å². The van der Waals surface area contributed by atoms with Crippen molar-refractivity contribution in [1.82, 2.24) is 29.0 Å². The zero-order valence-electron chi connectivity index (χ0n) is 21.2. The maximum absolute atomic E-state index is 14.3. The third kappa shape index (κ3) is 4.98. The van der Waals surface area contributed by atoms with Gasteiger partial charge in [-0.05, 0) is 36.4 Å². The molecule has 0 aliphatic carbocycles. The average Bonchev–Trinajstić information content (AvgIpc) is 3.65. The van der Waals surface area contributed by atoms with E-state index >= 15 is 0 Å². The number of benzene rings is 2. The molecule has 0 bridgehead atoms. The van der Waals surface area contributed by atoms with E-state index in [9.17, 15) is 18.4 Å². The number of piperazine rings is 1. The number of hydrogen-bond donors (Lipinski definition) is 1. The molecule has 10 nitrogen and oxygen atoms in total. The van der Waals surface area contributed by atoms with E-state index in [2.05, 4.69) is 15.4 Å². The molecule has 1 saturated heterocycles. The fourth-order valence-electron chi connectivity index (χ4n) is 4.68. The maximum Gasteiger partial charge on any atom is 0.245 e. The fourth-order valence-corrected chi connectivity index (χ4v) is 4.68. The van der Waals surface area contributed by atoms with Crippen molar-refractivity contribution in [2.75, 3.05) is 36.4 Å². The Morgan fingerprint density at radius 3 is 2.48 bits per heavy atom. The van der Waals surface area contributed by atoms with Crippen LogP contribution in [-0.2, 0) is 11.2 Å². The Morgan fingerprint density at radius 1 is 1.00 bits per heavy atom. The van der Waals surface area contributed by atoms with E-state index in [1.165, 1.54) is 0 Å². The molecule has 0 saturated carbocycles. The van der Waals surface area contributed by atoms with Crippen LogP contribution >= 0.6 is 0 Å². The molecule has 2 aromatic carbocycles. The average molecular weight is 543 g/mol. The van der Waals surface area contributed by atoms with Crippen molar-refractivity contribution in [2.45, 2.75) is 6.42 Å². The van der Waals surface area contributed by atoms with Gasteiger partial charge in [0.15, 0.2) is 5.82 Å². The predicted molar refractivity (Wildman–Crippen MR) is 144 cm³/mol. The highest BCUT2D eigenvalue weighted by molar-refractivity contribution is 5.80. The Kier molecular flexibility index (Phi) is 6.64. The number of fused-ring (bicyclic) bond motifs is 1. The minimum absolute atomic E-state index is 0.113. The van der Waals surface area contributed by atoms with Crippen LogP contribution in [0.3, 0.4) is 0 Å². The van der Waals surface area contributed by atoms with Crippen molar-refractivity contribution < 1.29 is 18.4 Å². The summed E-state index contributed by atoms with van der Waals surface area (Å²) in [6.45, 7) is 1.56. The van der Waals surface area contributed by atoms with Gasteiger partial charge in [-0.2, -0.15) is 4.98 Å². The van der Waals surface area contributed by atoms with Crippen LogP contribution in [0.2, 0.25) is 0 Å². The molecule has 202 valence electrons. The number of halogens is 2. The van der Waals surface area contributed by atoms with Crippen LogP contribution in [0, 0.1) is 11.6 Å². The fraction of sp³-hybridized carbons (Fsp3) is 0.179. The summed E-state index contributed by atoms with van der Waals surface area (Å²) in [7, 11) is 0. The van der Waals surface area contributed by atoms with Crippen LogP contribution in [0.25, 0.3) is 11.2 Å². The second-order valence-electron chi connectivity index (χ2n) is 9.35. The number of imidazole rings is 1. The normalized spacial score (nSPS) is 13.6. The third-order valence-electron chi connectivity index (χ3n) is 6.81. The molecule has 1 N–H and O–H groups in total. The van der Waals surface area contributed by atoms with E-state index in [0.29, 0.717) is 50.0 Å². The summed E-state index contributed by atoms with van der Waals surface area (Å²) >= 11 is 0. The van der Waals surface area contributed by atoms with Crippen molar-refractivity contribution >= 4 is 35.3 Å². The van der Waals surface area contributed by atoms with E-state index in [1.807, 2.05) is 64.3 Å². The SMILES string of the molecule is O=Cc1cc(F)c(CC(=O)N2CCN(c3nc(Nc4cn(-c5ccccc5)cn4)c4cccn4n3)CC2)c(F)c1. The summed E-state index contributed by atoms with van der Waals surface area (Å²) in [5.74, 6) is -0.534. The van der Waals surface area contributed by atoms with Crippen molar-refractivity contribution in [3.63, 3.8) is 0 Å². The highest BCUT2D eigenvalue weighted by Gasteiger charge is 2.25. The summed E-state index contributed by atoms with van der Waals surface area (Å²) in [6.07, 6.45) is 5.36. The number of amides is 1. The Morgan fingerprint density at radius 2 is 1.75 bits per heavy atom. The largest absolute Gasteiger partial charge is 0.339 e. The lowest BCUT2D eigenvalue weighted by atomic mass is 10.1. The lowest BCUT2D eigenvalue weighted by Gasteiger charge is -2.35. The van der Waals surface area contributed by atoms with Crippen LogP contribution in [0.1, 0.15) is 15.9 Å². The van der Waals surface area contributed by atoms with Gasteiger partial charge in [-0.15, -0.1) is 5.10 Å². The van der Waals surface area contributed by atoms with E-state index in [4.69, 9.17) is 4.98 Å². The number of anilines is 3. The summed E-state index contributed by atoms with van der Waals surface area (Å²) < 4.78 is 32.2. The van der Waals surface area contributed by atoms with Crippen LogP contribution in [0.15, 0.2) is 73.3 Å². The topological polar surface area (TPSA) is 101 Å². The molecule has 6 rings (SSSR count). The van der Waals surface area contributed by atoms with Crippen LogP contribution in [-0.4, -0.2) is 67.4 Å². The number of carbonyl (C=O) groups is 2. The first-order chi connectivity index (χ1) is 19.5. The predicted octanol–water partition coefficient (Wildman–Crippen LogP) is 3.64. The quantitative estimate of drug-likeness (QED) is 0.314. The van der Waals surface area contributed by atoms with Gasteiger partial charge in [-0.3, -0.25) is 9.59 Å². The summed E-state index contributed by atoms with van der Waals surface area (Å²) in [5, 5.41) is 7.91. The number of aldehydes is 1. The number of carbonyl (C=O) groups excluding carboxylic acids is 2. The van der Waals surface area contributed by atoms with Crippen molar-refractivity contribution in [3.05, 3.63) is 96.1 Å². The van der Waals surface area contributed by atoms with Crippen LogP contribution in [0.4, 0.5) is 26.4 Å². The lowest BCUT2D eigenvalue weighted by molar-refractivity contribution is -0.130. The molecule has 40 heavy (non-hydrogen) atoms. The van der Waals surface area contributed by atoms with E-state index < -0.39 is 24.0 Å². The Balaban J connectivity index is 1.15. The second kappa shape index (κ2) is 10.6. The second-order valence-corrected chi connectivity index (χ2v) is 9.35. The van der Waals surface area contributed by atoms with Crippen LogP contribution < -0.4 is 10.2 Å². The number of para-hydroxylation sites is 1. The molecule has 0 spiro atoms. The molecule has 1 aliphatic rings. The van der Waals surface area contributed by atoms with Gasteiger partial charge in [0.05, 0.1) is 12.6 Å². The molecular formula is C28H24F2N8O2. The molecule has 5 aromatic rings. The van der Waals surface area contributed by atoms with E-state index in [0.717, 1.165) is 23.3 Å². The van der Waals surface area contributed by atoms with Gasteiger partial charge in [0.1, 0.15) is 35.6 Å². The molecule has 1 amide bonds. The maximum atomic E-state index is 14.3. The summed E-state index contributed by atoms with van der Waals surface area (Å²) in [4.78, 5) is 36.4. The number of hydrogen-bond acceptors (Lipinski definition) is 7. The molecule has 12 heteroatoms. The molecule has 0 radical (unpaired) electrons. The first kappa shape index (κ1) is 25.2. The number of rotatable bonds is 7. The Bertz CT molecular complexity index is 1670. The van der Waals surface area contributed by atoms with Gasteiger partial charge < -0.3 is 19.7 Å². The molecular weight excluding hydrogens is 518 g/mol. The zero-order valence-corrected chi connectivity index (χ0v) is 21.2. The first-order valence-electron chi connectivity index (χ1n) is 12.7. The lowest BCUT2D eigenvalue weighted by Crippen LogP contribution is -2.50. The van der Waals surface area contributed by atoms with Gasteiger partial charge in [0.25, 0.3) is 0 Å². The smallest absolute Gasteiger partial charge is 0.245 e. The standard InChI is InChI=1S/C28H24F2N8O2/c29-22-13-19(17-39)14-23(30)21(22)15-26(40)35-9-11-36(12-10-35)28-33-27(24-7-4-8-38(24)34-28)32-25-16-37(18-31-25)20-5-2-1-3-6-20/h1-8,13-14,16-18H,9-12,15H2,(H,32,33,34). The Labute approximate surface area is 227 Å². The van der Waals surface area contributed by atoms with Gasteiger partial charge in [0.2, 0.25) is 11.9 Å². The zero-order chi connectivity index (χ0) is 27.6. The highest BCUT2D eigenvalue weighted by Crippen LogP contribution is 2.24. The van der Waals surface area contributed by atoms with Gasteiger partial charge in [-0.1, -0.05) is 18.2 Å². The Hall–Kier alpha value is -5.13. The molecule has 4 heterocycles. The van der Waals surface area contributed by atoms with E-state index in [1.54, 1.807) is 15.7 Å². The van der Waals surface area contributed by atoms with Crippen molar-refractivity contribution in [2.24, 2.45) is 0 Å². The number of aromatic nitrogens is 5. The van der Waals surface area contributed by atoms with Gasteiger partial charge in [-0.25, -0.2) is 18.3 Å². The van der Waals surface area contributed by atoms with Gasteiger partial charge in [0, 0.05) is 49.2 Å². The molecule has 1 aliphatic heterocycles. The van der Waals surface area contributed by atoms with Crippen LogP contribution in [0.5, 0.6) is 0 Å². The summed E-state index contributed by atoms with van der Waals surface area (Å²) in [5.41, 5.74) is 1.30. The molecule has 3 aromatic heterocycles. The minimum atomic E-state index is -0.906. The number of nitrogens with one attached hydrogen (secondary N) is 1. The summed E-state index contributed by atoms with van der Waals surface area (Å²) in [6, 6.07) is 15.5. The molecule has 0 unspecified atom stereocenters. The third-order valence-corrected chi connectivity index (χ3v) is 6.81. The minimum Gasteiger partial charge on any atom is -0.339 e. The van der Waals surface area contributed by atoms with E-state index in [-0.39, 0.29) is 11.1 Å². The monoisotopic (exact) mass is 542 g/mol.